The Balaban J connectivity index is 1.81. The van der Waals surface area contributed by atoms with Gasteiger partial charge >= 0.3 is 0 Å². The molecule has 0 saturated heterocycles. The Kier molecular flexibility index (Phi) is 2.69. The van der Waals surface area contributed by atoms with Crippen molar-refractivity contribution in [1.29, 1.82) is 0 Å². The van der Waals surface area contributed by atoms with Gasteiger partial charge in [0.1, 0.15) is 0 Å². The average Bonchev–Trinajstić information content (AvgIpc) is 2.78. The van der Waals surface area contributed by atoms with Crippen molar-refractivity contribution in [3.63, 3.8) is 0 Å². The minimum atomic E-state index is 0.370. The maximum absolute atomic E-state index is 9.30. The zero-order valence-electron chi connectivity index (χ0n) is 10.6. The molecule has 4 heteroatoms. The van der Waals surface area contributed by atoms with E-state index in [0.717, 1.165) is 24.7 Å². The van der Waals surface area contributed by atoms with Gasteiger partial charge in [-0.3, -0.25) is 0 Å². The van der Waals surface area contributed by atoms with Crippen LogP contribution in [0.15, 0.2) is 0 Å². The molecule has 3 rings (SSSR count). The fourth-order valence-corrected chi connectivity index (χ4v) is 3.47. The van der Waals surface area contributed by atoms with Crippen LogP contribution in [0.5, 0.6) is 0 Å². The summed E-state index contributed by atoms with van der Waals surface area (Å²) in [6, 6.07) is 0.398. The van der Waals surface area contributed by atoms with Crippen molar-refractivity contribution in [2.45, 2.75) is 45.6 Å². The lowest BCUT2D eigenvalue weighted by Gasteiger charge is -2.12. The second-order valence-electron chi connectivity index (χ2n) is 5.77. The molecule has 2 aliphatic rings. The predicted octanol–water partition coefficient (Wildman–Crippen LogP) is 1.59. The van der Waals surface area contributed by atoms with Crippen molar-refractivity contribution in [2.75, 3.05) is 6.61 Å². The average molecular weight is 235 g/mol. The number of hydrogen-bond donors (Lipinski definition) is 1. The lowest BCUT2D eigenvalue weighted by molar-refractivity contribution is 0.262. The molecule has 4 nitrogen and oxygen atoms in total. The van der Waals surface area contributed by atoms with E-state index in [0.29, 0.717) is 18.6 Å². The van der Waals surface area contributed by atoms with Crippen LogP contribution in [0.25, 0.3) is 0 Å². The SMILES string of the molecule is CC(C)n1nnc2c1CC[C@@H]1[C@H](CO)[C@@H]1CC2. The summed E-state index contributed by atoms with van der Waals surface area (Å²) in [6.45, 7) is 4.68. The minimum absolute atomic E-state index is 0.370. The Morgan fingerprint density at radius 2 is 2.00 bits per heavy atom. The molecule has 0 spiro atoms. The van der Waals surface area contributed by atoms with E-state index >= 15 is 0 Å². The molecule has 1 fully saturated rings. The summed E-state index contributed by atoms with van der Waals surface area (Å²) in [5.41, 5.74) is 2.53. The highest BCUT2D eigenvalue weighted by molar-refractivity contribution is 5.15. The highest BCUT2D eigenvalue weighted by Gasteiger charge is 2.49. The lowest BCUT2D eigenvalue weighted by atomic mass is 10.0. The molecule has 0 aliphatic heterocycles. The number of fused-ring (bicyclic) bond motifs is 2. The summed E-state index contributed by atoms with van der Waals surface area (Å²) in [7, 11) is 0. The maximum Gasteiger partial charge on any atom is 0.0859 e. The monoisotopic (exact) mass is 235 g/mol. The number of nitrogens with zero attached hydrogens (tertiary/aromatic N) is 3. The predicted molar refractivity (Wildman–Crippen MR) is 64.6 cm³/mol. The summed E-state index contributed by atoms with van der Waals surface area (Å²) in [6.07, 6.45) is 4.50. The van der Waals surface area contributed by atoms with Gasteiger partial charge in [-0.05, 0) is 57.3 Å². The fourth-order valence-electron chi connectivity index (χ4n) is 3.47. The number of aliphatic hydroxyl groups is 1. The van der Waals surface area contributed by atoms with E-state index in [1.165, 1.54) is 24.2 Å². The molecule has 1 saturated carbocycles. The maximum atomic E-state index is 9.30. The number of rotatable bonds is 2. The van der Waals surface area contributed by atoms with Crippen molar-refractivity contribution in [3.8, 4) is 0 Å². The Bertz CT molecular complexity index is 413. The van der Waals surface area contributed by atoms with E-state index in [1.54, 1.807) is 0 Å². The van der Waals surface area contributed by atoms with Crippen LogP contribution in [-0.2, 0) is 12.8 Å². The molecule has 0 aromatic carbocycles. The van der Waals surface area contributed by atoms with Crippen LogP contribution in [0.1, 0.15) is 44.1 Å². The van der Waals surface area contributed by atoms with Crippen LogP contribution in [0.2, 0.25) is 0 Å². The number of aromatic nitrogens is 3. The van der Waals surface area contributed by atoms with E-state index in [4.69, 9.17) is 0 Å². The van der Waals surface area contributed by atoms with E-state index in [1.807, 2.05) is 0 Å². The normalized spacial score (nSPS) is 31.6. The topological polar surface area (TPSA) is 50.9 Å². The molecule has 0 radical (unpaired) electrons. The van der Waals surface area contributed by atoms with Crippen LogP contribution in [0.4, 0.5) is 0 Å². The molecular weight excluding hydrogens is 214 g/mol. The van der Waals surface area contributed by atoms with Crippen LogP contribution in [0.3, 0.4) is 0 Å². The standard InChI is InChI=1S/C13H21N3O/c1-8(2)16-13-6-4-10-9(11(10)7-17)3-5-12(13)14-15-16/h8-11,17H,3-7H2,1-2H3/t9-,10+,11-/m1/s1. The van der Waals surface area contributed by atoms with Crippen molar-refractivity contribution >= 4 is 0 Å². The van der Waals surface area contributed by atoms with Gasteiger partial charge in [0.05, 0.1) is 11.4 Å². The molecule has 1 aromatic heterocycles. The van der Waals surface area contributed by atoms with Gasteiger partial charge in [-0.15, -0.1) is 5.10 Å². The van der Waals surface area contributed by atoms with Gasteiger partial charge in [-0.2, -0.15) is 0 Å². The van der Waals surface area contributed by atoms with Gasteiger partial charge in [0, 0.05) is 12.6 Å². The number of hydrogen-bond acceptors (Lipinski definition) is 3. The second-order valence-corrected chi connectivity index (χ2v) is 5.77. The van der Waals surface area contributed by atoms with Crippen molar-refractivity contribution in [3.05, 3.63) is 11.4 Å². The molecule has 94 valence electrons. The third-order valence-electron chi connectivity index (χ3n) is 4.51. The summed E-state index contributed by atoms with van der Waals surface area (Å²) >= 11 is 0. The molecule has 0 unspecified atom stereocenters. The van der Waals surface area contributed by atoms with Gasteiger partial charge in [0.25, 0.3) is 0 Å². The van der Waals surface area contributed by atoms with Crippen LogP contribution < -0.4 is 0 Å². The Hall–Kier alpha value is -0.900. The number of aryl methyl sites for hydroxylation is 1. The highest BCUT2D eigenvalue weighted by atomic mass is 16.3. The Morgan fingerprint density at radius 1 is 1.29 bits per heavy atom. The first kappa shape index (κ1) is 11.2. The first-order valence-electron chi connectivity index (χ1n) is 6.76. The molecule has 2 aliphatic carbocycles. The smallest absolute Gasteiger partial charge is 0.0859 e. The minimum Gasteiger partial charge on any atom is -0.396 e. The number of aliphatic hydroxyl groups excluding tert-OH is 1. The van der Waals surface area contributed by atoms with Gasteiger partial charge in [-0.1, -0.05) is 5.21 Å². The van der Waals surface area contributed by atoms with Crippen molar-refractivity contribution in [2.24, 2.45) is 17.8 Å². The summed E-state index contributed by atoms with van der Waals surface area (Å²) < 4.78 is 2.08. The second kappa shape index (κ2) is 4.09. The Morgan fingerprint density at radius 3 is 2.65 bits per heavy atom. The van der Waals surface area contributed by atoms with E-state index < -0.39 is 0 Å². The molecule has 0 amide bonds. The highest BCUT2D eigenvalue weighted by Crippen LogP contribution is 2.52. The van der Waals surface area contributed by atoms with Gasteiger partial charge in [0.15, 0.2) is 0 Å². The first-order valence-corrected chi connectivity index (χ1v) is 6.76. The molecule has 1 heterocycles. The van der Waals surface area contributed by atoms with Crippen molar-refractivity contribution < 1.29 is 5.11 Å². The quantitative estimate of drug-likeness (QED) is 0.847. The largest absolute Gasteiger partial charge is 0.396 e. The van der Waals surface area contributed by atoms with E-state index in [-0.39, 0.29) is 0 Å². The lowest BCUT2D eigenvalue weighted by Crippen LogP contribution is -2.10. The third-order valence-corrected chi connectivity index (χ3v) is 4.51. The summed E-state index contributed by atoms with van der Waals surface area (Å²) in [5, 5.41) is 17.9. The van der Waals surface area contributed by atoms with Crippen LogP contribution >= 0.6 is 0 Å². The molecule has 1 aromatic rings. The molecular formula is C13H21N3O. The van der Waals surface area contributed by atoms with Gasteiger partial charge in [-0.25, -0.2) is 4.68 Å². The van der Waals surface area contributed by atoms with Crippen LogP contribution in [-0.4, -0.2) is 26.7 Å². The fraction of sp³-hybridized carbons (Fsp3) is 0.846. The first-order chi connectivity index (χ1) is 8.22. The van der Waals surface area contributed by atoms with Crippen LogP contribution in [0, 0.1) is 17.8 Å². The van der Waals surface area contributed by atoms with E-state index in [2.05, 4.69) is 28.8 Å². The van der Waals surface area contributed by atoms with Gasteiger partial charge < -0.3 is 5.11 Å². The third kappa shape index (κ3) is 1.79. The Labute approximate surface area is 102 Å². The van der Waals surface area contributed by atoms with Gasteiger partial charge in [0.2, 0.25) is 0 Å². The summed E-state index contributed by atoms with van der Waals surface area (Å²) in [4.78, 5) is 0. The molecule has 3 atom stereocenters. The zero-order chi connectivity index (χ0) is 12.0. The molecule has 1 N–H and O–H groups in total. The summed E-state index contributed by atoms with van der Waals surface area (Å²) in [5.74, 6) is 2.07. The molecule has 0 bridgehead atoms. The molecule has 17 heavy (non-hydrogen) atoms. The van der Waals surface area contributed by atoms with E-state index in [9.17, 15) is 5.11 Å². The zero-order valence-corrected chi connectivity index (χ0v) is 10.6. The van der Waals surface area contributed by atoms with Crippen molar-refractivity contribution in [1.82, 2.24) is 15.0 Å².